The minimum absolute atomic E-state index is 0.0909. The number of fused-ring (bicyclic) bond motifs is 1. The summed E-state index contributed by atoms with van der Waals surface area (Å²) in [4.78, 5) is 11.3. The van der Waals surface area contributed by atoms with Crippen LogP contribution in [0.4, 0.5) is 5.69 Å². The van der Waals surface area contributed by atoms with Gasteiger partial charge in [0.2, 0.25) is 0 Å². The summed E-state index contributed by atoms with van der Waals surface area (Å²) in [5, 5.41) is 6.20. The highest BCUT2D eigenvalue weighted by molar-refractivity contribution is 5.95. The molecule has 0 fully saturated rings. The van der Waals surface area contributed by atoms with Crippen molar-refractivity contribution in [2.24, 2.45) is 0 Å². The number of anilines is 1. The van der Waals surface area contributed by atoms with Gasteiger partial charge in [-0.25, -0.2) is 0 Å². The Hall–Kier alpha value is -1.81. The van der Waals surface area contributed by atoms with Crippen LogP contribution >= 0.6 is 0 Å². The molecule has 4 nitrogen and oxygen atoms in total. The van der Waals surface area contributed by atoms with E-state index in [1.165, 1.54) is 0 Å². The molecule has 0 saturated heterocycles. The van der Waals surface area contributed by atoms with E-state index >= 15 is 0 Å². The Kier molecular flexibility index (Phi) is 3.67. The molecule has 96 valence electrons. The summed E-state index contributed by atoms with van der Waals surface area (Å²) in [5.41, 5.74) is 1.84. The number of carbonyl (C=O) groups excluding carboxylic acids is 1. The van der Waals surface area contributed by atoms with Gasteiger partial charge in [-0.05, 0) is 31.5 Å². The molecule has 2 N–H and O–H groups in total. The highest BCUT2D eigenvalue weighted by Gasteiger charge is 2.17. The highest BCUT2D eigenvalue weighted by Crippen LogP contribution is 2.30. The fourth-order valence-corrected chi connectivity index (χ4v) is 1.93. The van der Waals surface area contributed by atoms with Crippen molar-refractivity contribution < 1.29 is 9.53 Å². The van der Waals surface area contributed by atoms with Crippen molar-refractivity contribution in [1.29, 1.82) is 0 Å². The lowest BCUT2D eigenvalue weighted by Gasteiger charge is -2.22. The fraction of sp³-hybridized carbons (Fsp3) is 0.357. The number of amides is 1. The number of hydrogen-bond acceptors (Lipinski definition) is 3. The predicted molar refractivity (Wildman–Crippen MR) is 71.8 cm³/mol. The van der Waals surface area contributed by atoms with Crippen LogP contribution in [0, 0.1) is 0 Å². The van der Waals surface area contributed by atoms with Gasteiger partial charge in [0.15, 0.2) is 6.61 Å². The quantitative estimate of drug-likeness (QED) is 0.801. The molecule has 0 saturated carbocycles. The Balaban J connectivity index is 2.17. The molecule has 2 atom stereocenters. The molecule has 2 rings (SSSR count). The molecule has 1 heterocycles. The largest absolute Gasteiger partial charge is 0.482 e. The second kappa shape index (κ2) is 5.23. The van der Waals surface area contributed by atoms with Crippen LogP contribution in [0.1, 0.15) is 25.5 Å². The average Bonchev–Trinajstić information content (AvgIpc) is 2.37. The summed E-state index contributed by atoms with van der Waals surface area (Å²) < 4.78 is 5.32. The van der Waals surface area contributed by atoms with Crippen molar-refractivity contribution in [3.63, 3.8) is 0 Å². The first-order valence-electron chi connectivity index (χ1n) is 6.05. The van der Waals surface area contributed by atoms with E-state index in [9.17, 15) is 4.79 Å². The van der Waals surface area contributed by atoms with Gasteiger partial charge in [0, 0.05) is 12.1 Å². The van der Waals surface area contributed by atoms with Gasteiger partial charge in [-0.15, -0.1) is 6.58 Å². The molecule has 1 aliphatic heterocycles. The van der Waals surface area contributed by atoms with Crippen molar-refractivity contribution in [1.82, 2.24) is 5.32 Å². The molecule has 0 bridgehead atoms. The third-order valence-electron chi connectivity index (χ3n) is 3.00. The van der Waals surface area contributed by atoms with Crippen molar-refractivity contribution >= 4 is 11.6 Å². The van der Waals surface area contributed by atoms with E-state index in [1.807, 2.05) is 31.2 Å². The van der Waals surface area contributed by atoms with Gasteiger partial charge >= 0.3 is 0 Å². The second-order valence-electron chi connectivity index (χ2n) is 4.51. The van der Waals surface area contributed by atoms with Gasteiger partial charge in [-0.3, -0.25) is 4.79 Å². The monoisotopic (exact) mass is 246 g/mol. The molecule has 1 aromatic rings. The first-order valence-corrected chi connectivity index (χ1v) is 6.05. The average molecular weight is 246 g/mol. The number of nitrogens with one attached hydrogen (secondary N) is 2. The maximum Gasteiger partial charge on any atom is 0.262 e. The Bertz CT molecular complexity index is 471. The van der Waals surface area contributed by atoms with Gasteiger partial charge < -0.3 is 15.4 Å². The number of rotatable bonds is 4. The summed E-state index contributed by atoms with van der Waals surface area (Å²) in [6, 6.07) is 6.26. The van der Waals surface area contributed by atoms with E-state index in [1.54, 1.807) is 0 Å². The van der Waals surface area contributed by atoms with Crippen LogP contribution in [0.15, 0.2) is 30.9 Å². The predicted octanol–water partition coefficient (Wildman–Crippen LogP) is 2.24. The zero-order valence-corrected chi connectivity index (χ0v) is 10.7. The summed E-state index contributed by atoms with van der Waals surface area (Å²) in [5.74, 6) is 0.613. The van der Waals surface area contributed by atoms with Gasteiger partial charge in [-0.1, -0.05) is 12.1 Å². The molecule has 0 radical (unpaired) electrons. The van der Waals surface area contributed by atoms with Gasteiger partial charge in [-0.2, -0.15) is 0 Å². The fourth-order valence-electron chi connectivity index (χ4n) is 1.93. The third kappa shape index (κ3) is 2.71. The Morgan fingerprint density at radius 3 is 3.00 bits per heavy atom. The smallest absolute Gasteiger partial charge is 0.262 e. The van der Waals surface area contributed by atoms with Gasteiger partial charge in [0.1, 0.15) is 5.75 Å². The van der Waals surface area contributed by atoms with Crippen LogP contribution in [-0.2, 0) is 4.79 Å². The van der Waals surface area contributed by atoms with E-state index in [4.69, 9.17) is 4.74 Å². The van der Waals surface area contributed by atoms with Crippen LogP contribution in [0.3, 0.4) is 0 Å². The SMILES string of the molecule is C=CC(C)NC(C)c1ccc2c(c1)NC(=O)CO2. The molecule has 1 aromatic carbocycles. The van der Waals surface area contributed by atoms with Crippen molar-refractivity contribution in [3.8, 4) is 5.75 Å². The topological polar surface area (TPSA) is 50.4 Å². The van der Waals surface area contributed by atoms with E-state index < -0.39 is 0 Å². The molecular formula is C14H18N2O2. The van der Waals surface area contributed by atoms with Crippen LogP contribution < -0.4 is 15.4 Å². The van der Waals surface area contributed by atoms with E-state index in [0.717, 1.165) is 17.0 Å². The molecule has 1 amide bonds. The van der Waals surface area contributed by atoms with Crippen molar-refractivity contribution in [3.05, 3.63) is 36.4 Å². The second-order valence-corrected chi connectivity index (χ2v) is 4.51. The standard InChI is InChI=1S/C14H18N2O2/c1-4-9(2)15-10(3)11-5-6-13-12(7-11)16-14(17)8-18-13/h4-7,9-10,15H,1,8H2,2-3H3,(H,16,17). The van der Waals surface area contributed by atoms with Crippen LogP contribution in [0.25, 0.3) is 0 Å². The number of hydrogen-bond donors (Lipinski definition) is 2. The molecule has 4 heteroatoms. The Morgan fingerprint density at radius 2 is 2.28 bits per heavy atom. The molecule has 0 aromatic heterocycles. The van der Waals surface area contributed by atoms with Gasteiger partial charge in [0.05, 0.1) is 5.69 Å². The zero-order valence-electron chi connectivity index (χ0n) is 10.7. The lowest BCUT2D eigenvalue weighted by Crippen LogP contribution is -2.28. The van der Waals surface area contributed by atoms with Crippen molar-refractivity contribution in [2.75, 3.05) is 11.9 Å². The lowest BCUT2D eigenvalue weighted by molar-refractivity contribution is -0.118. The summed E-state index contributed by atoms with van der Waals surface area (Å²) in [7, 11) is 0. The number of ether oxygens (including phenoxy) is 1. The maximum absolute atomic E-state index is 11.3. The third-order valence-corrected chi connectivity index (χ3v) is 3.00. The van der Waals surface area contributed by atoms with Gasteiger partial charge in [0.25, 0.3) is 5.91 Å². The maximum atomic E-state index is 11.3. The summed E-state index contributed by atoms with van der Waals surface area (Å²) >= 11 is 0. The summed E-state index contributed by atoms with van der Waals surface area (Å²) in [6.07, 6.45) is 1.86. The van der Waals surface area contributed by atoms with E-state index in [2.05, 4.69) is 24.1 Å². The minimum atomic E-state index is -0.111. The first kappa shape index (κ1) is 12.6. The van der Waals surface area contributed by atoms with E-state index in [-0.39, 0.29) is 24.6 Å². The van der Waals surface area contributed by atoms with Crippen LogP contribution in [-0.4, -0.2) is 18.6 Å². The Labute approximate surface area is 107 Å². The Morgan fingerprint density at radius 1 is 1.50 bits per heavy atom. The highest BCUT2D eigenvalue weighted by atomic mass is 16.5. The molecule has 2 unspecified atom stereocenters. The molecule has 0 spiro atoms. The normalized spacial score (nSPS) is 17.1. The molecule has 0 aliphatic carbocycles. The number of carbonyl (C=O) groups is 1. The molecule has 1 aliphatic rings. The van der Waals surface area contributed by atoms with E-state index in [0.29, 0.717) is 0 Å². The molecular weight excluding hydrogens is 228 g/mol. The lowest BCUT2D eigenvalue weighted by atomic mass is 10.1. The zero-order chi connectivity index (χ0) is 13.1. The minimum Gasteiger partial charge on any atom is -0.482 e. The van der Waals surface area contributed by atoms with Crippen LogP contribution in [0.2, 0.25) is 0 Å². The van der Waals surface area contributed by atoms with Crippen molar-refractivity contribution in [2.45, 2.75) is 25.9 Å². The van der Waals surface area contributed by atoms with Crippen LogP contribution in [0.5, 0.6) is 5.75 Å². The number of benzene rings is 1. The molecule has 18 heavy (non-hydrogen) atoms. The summed E-state index contributed by atoms with van der Waals surface area (Å²) in [6.45, 7) is 7.96. The first-order chi connectivity index (χ1) is 8.60.